The number of hydrogen-bond donors (Lipinski definition) is 1. The lowest BCUT2D eigenvalue weighted by Crippen LogP contribution is -2.24. The largest absolute Gasteiger partial charge is 0.378 e. The number of benzene rings is 2. The van der Waals surface area contributed by atoms with Crippen molar-refractivity contribution in [2.75, 3.05) is 19.0 Å². The van der Waals surface area contributed by atoms with Gasteiger partial charge < -0.3 is 4.90 Å². The number of nitrogens with one attached hydrogen (secondary N) is 1. The molecule has 0 bridgehead atoms. The molecule has 2 rings (SSSR count). The number of halogens is 3. The lowest BCUT2D eigenvalue weighted by atomic mass is 10.2. The van der Waals surface area contributed by atoms with Gasteiger partial charge in [-0.1, -0.05) is 12.1 Å². The Balaban J connectivity index is 2.17. The van der Waals surface area contributed by atoms with Gasteiger partial charge in [0.2, 0.25) is 10.0 Å². The van der Waals surface area contributed by atoms with E-state index in [0.29, 0.717) is 17.7 Å². The zero-order valence-corrected chi connectivity index (χ0v) is 13.3. The van der Waals surface area contributed by atoms with Crippen molar-refractivity contribution in [1.29, 1.82) is 0 Å². The summed E-state index contributed by atoms with van der Waals surface area (Å²) in [6.45, 7) is -0.103. The van der Waals surface area contributed by atoms with Gasteiger partial charge in [0.05, 0.1) is 0 Å². The second-order valence-corrected chi connectivity index (χ2v) is 6.79. The highest BCUT2D eigenvalue weighted by Gasteiger charge is 2.23. The Morgan fingerprint density at radius 2 is 1.57 bits per heavy atom. The molecule has 0 fully saturated rings. The Morgan fingerprint density at radius 3 is 2.13 bits per heavy atom. The Bertz CT molecular complexity index is 806. The van der Waals surface area contributed by atoms with Crippen LogP contribution in [0.5, 0.6) is 0 Å². The van der Waals surface area contributed by atoms with Gasteiger partial charge in [0.25, 0.3) is 0 Å². The van der Waals surface area contributed by atoms with Crippen molar-refractivity contribution < 1.29 is 21.6 Å². The standard InChI is InChI=1S/C15H15F3N2O2S/c1-20(2)11-5-3-10(4-6-11)9-19-23(21,22)13-8-7-12(16)14(17)15(13)18/h3-8,19H,9H2,1-2H3. The van der Waals surface area contributed by atoms with E-state index in [-0.39, 0.29) is 6.54 Å². The SMILES string of the molecule is CN(C)c1ccc(CNS(=O)(=O)c2ccc(F)c(F)c2F)cc1. The molecule has 0 spiro atoms. The first kappa shape index (κ1) is 17.3. The third-order valence-corrected chi connectivity index (χ3v) is 4.63. The molecule has 0 radical (unpaired) electrons. The minimum atomic E-state index is -4.30. The van der Waals surface area contributed by atoms with E-state index < -0.39 is 32.4 Å². The maximum Gasteiger partial charge on any atom is 0.243 e. The van der Waals surface area contributed by atoms with Crippen LogP contribution in [-0.4, -0.2) is 22.5 Å². The average Bonchev–Trinajstić information content (AvgIpc) is 2.51. The molecule has 23 heavy (non-hydrogen) atoms. The fraction of sp³-hybridized carbons (Fsp3) is 0.200. The predicted octanol–water partition coefficient (Wildman–Crippen LogP) is 2.65. The molecule has 0 unspecified atom stereocenters. The molecule has 0 heterocycles. The van der Waals surface area contributed by atoms with Crippen molar-refractivity contribution in [3.8, 4) is 0 Å². The van der Waals surface area contributed by atoms with Crippen LogP contribution in [0.4, 0.5) is 18.9 Å². The van der Waals surface area contributed by atoms with Crippen LogP contribution in [0.1, 0.15) is 5.56 Å². The van der Waals surface area contributed by atoms with Gasteiger partial charge in [-0.2, -0.15) is 0 Å². The zero-order valence-electron chi connectivity index (χ0n) is 12.5. The topological polar surface area (TPSA) is 49.4 Å². The van der Waals surface area contributed by atoms with Gasteiger partial charge in [0.15, 0.2) is 17.5 Å². The van der Waals surface area contributed by atoms with E-state index in [9.17, 15) is 21.6 Å². The molecule has 0 amide bonds. The Kier molecular flexibility index (Phi) is 4.96. The van der Waals surface area contributed by atoms with E-state index in [1.54, 1.807) is 24.3 Å². The first-order valence-corrected chi connectivity index (χ1v) is 8.10. The van der Waals surface area contributed by atoms with Crippen LogP contribution in [0.25, 0.3) is 0 Å². The third kappa shape index (κ3) is 3.83. The van der Waals surface area contributed by atoms with Crippen LogP contribution in [0.2, 0.25) is 0 Å². The van der Waals surface area contributed by atoms with Gasteiger partial charge in [-0.25, -0.2) is 26.3 Å². The molecular formula is C15H15F3N2O2S. The molecule has 0 aliphatic rings. The lowest BCUT2D eigenvalue weighted by molar-refractivity contribution is 0.431. The van der Waals surface area contributed by atoms with E-state index in [1.165, 1.54) is 0 Å². The fourth-order valence-electron chi connectivity index (χ4n) is 1.88. The second-order valence-electron chi connectivity index (χ2n) is 5.06. The summed E-state index contributed by atoms with van der Waals surface area (Å²) in [5.41, 5.74) is 1.57. The molecule has 4 nitrogen and oxygen atoms in total. The van der Waals surface area contributed by atoms with Crippen LogP contribution < -0.4 is 9.62 Å². The molecule has 0 aliphatic heterocycles. The monoisotopic (exact) mass is 344 g/mol. The summed E-state index contributed by atoms with van der Waals surface area (Å²) in [5, 5.41) is 0. The van der Waals surface area contributed by atoms with Crippen molar-refractivity contribution in [2.24, 2.45) is 0 Å². The smallest absolute Gasteiger partial charge is 0.243 e. The first-order valence-electron chi connectivity index (χ1n) is 6.62. The molecule has 8 heteroatoms. The van der Waals surface area contributed by atoms with Gasteiger partial charge in [-0.15, -0.1) is 0 Å². The van der Waals surface area contributed by atoms with Gasteiger partial charge in [-0.3, -0.25) is 0 Å². The number of hydrogen-bond acceptors (Lipinski definition) is 3. The fourth-order valence-corrected chi connectivity index (χ4v) is 2.97. The summed E-state index contributed by atoms with van der Waals surface area (Å²) in [6, 6.07) is 8.26. The quantitative estimate of drug-likeness (QED) is 0.849. The van der Waals surface area contributed by atoms with E-state index in [2.05, 4.69) is 4.72 Å². The van der Waals surface area contributed by atoms with E-state index in [1.807, 2.05) is 19.0 Å². The minimum Gasteiger partial charge on any atom is -0.378 e. The third-order valence-electron chi connectivity index (χ3n) is 3.21. The van der Waals surface area contributed by atoms with Crippen molar-refractivity contribution in [3.05, 3.63) is 59.4 Å². The maximum atomic E-state index is 13.6. The molecule has 0 aliphatic carbocycles. The summed E-state index contributed by atoms with van der Waals surface area (Å²) in [6.07, 6.45) is 0. The number of anilines is 1. The van der Waals surface area contributed by atoms with Crippen LogP contribution in [0.15, 0.2) is 41.3 Å². The number of sulfonamides is 1. The molecule has 1 N–H and O–H groups in total. The summed E-state index contributed by atoms with van der Waals surface area (Å²) < 4.78 is 65.8. The van der Waals surface area contributed by atoms with Gasteiger partial charge in [0.1, 0.15) is 4.90 Å². The van der Waals surface area contributed by atoms with Crippen molar-refractivity contribution in [1.82, 2.24) is 4.72 Å². The normalized spacial score (nSPS) is 11.5. The highest BCUT2D eigenvalue weighted by molar-refractivity contribution is 7.89. The van der Waals surface area contributed by atoms with Crippen molar-refractivity contribution in [3.63, 3.8) is 0 Å². The van der Waals surface area contributed by atoms with Crippen LogP contribution in [-0.2, 0) is 16.6 Å². The second kappa shape index (κ2) is 6.59. The highest BCUT2D eigenvalue weighted by Crippen LogP contribution is 2.20. The maximum absolute atomic E-state index is 13.6. The Hall–Kier alpha value is -2.06. The van der Waals surface area contributed by atoms with Crippen LogP contribution in [0.3, 0.4) is 0 Å². The summed E-state index contributed by atoms with van der Waals surface area (Å²) >= 11 is 0. The molecule has 2 aromatic carbocycles. The molecule has 124 valence electrons. The number of rotatable bonds is 5. The van der Waals surface area contributed by atoms with Crippen LogP contribution >= 0.6 is 0 Å². The molecular weight excluding hydrogens is 329 g/mol. The van der Waals surface area contributed by atoms with E-state index >= 15 is 0 Å². The van der Waals surface area contributed by atoms with Gasteiger partial charge >= 0.3 is 0 Å². The zero-order chi connectivity index (χ0) is 17.2. The predicted molar refractivity (Wildman–Crippen MR) is 81.1 cm³/mol. The summed E-state index contributed by atoms with van der Waals surface area (Å²) in [7, 11) is -0.568. The summed E-state index contributed by atoms with van der Waals surface area (Å²) in [5.74, 6) is -5.00. The number of nitrogens with zero attached hydrogens (tertiary/aromatic N) is 1. The molecule has 2 aromatic rings. The average molecular weight is 344 g/mol. The lowest BCUT2D eigenvalue weighted by Gasteiger charge is -2.13. The molecule has 0 saturated heterocycles. The summed E-state index contributed by atoms with van der Waals surface area (Å²) in [4.78, 5) is 0.950. The first-order chi connectivity index (χ1) is 10.7. The van der Waals surface area contributed by atoms with Gasteiger partial charge in [-0.05, 0) is 29.8 Å². The van der Waals surface area contributed by atoms with Crippen molar-refractivity contribution >= 4 is 15.7 Å². The minimum absolute atomic E-state index is 0.103. The molecule has 0 saturated carbocycles. The Labute approximate surface area is 132 Å². The molecule has 0 atom stereocenters. The van der Waals surface area contributed by atoms with E-state index in [4.69, 9.17) is 0 Å². The van der Waals surface area contributed by atoms with Crippen molar-refractivity contribution in [2.45, 2.75) is 11.4 Å². The van der Waals surface area contributed by atoms with Crippen LogP contribution in [0, 0.1) is 17.5 Å². The molecule has 0 aromatic heterocycles. The Morgan fingerprint density at radius 1 is 0.957 bits per heavy atom. The van der Waals surface area contributed by atoms with E-state index in [0.717, 1.165) is 5.69 Å². The van der Waals surface area contributed by atoms with Gasteiger partial charge in [0, 0.05) is 26.3 Å². The highest BCUT2D eigenvalue weighted by atomic mass is 32.2.